The summed E-state index contributed by atoms with van der Waals surface area (Å²) in [5.74, 6) is 0. The summed E-state index contributed by atoms with van der Waals surface area (Å²) in [7, 11) is 0. The molecule has 0 spiro atoms. The maximum Gasteiger partial charge on any atom is 0.125 e. The minimum Gasteiger partial charge on any atom is -0.389 e. The van der Waals surface area contributed by atoms with Crippen molar-refractivity contribution in [3.63, 3.8) is 0 Å². The molecule has 0 aromatic carbocycles. The number of aliphatic hydroxyl groups is 2. The fraction of sp³-hybridized carbons (Fsp3) is 0.444. The molecular formula is C9H11N3O2. The Hall–Kier alpha value is -1.51. The molecule has 2 N–H and O–H groups in total. The number of rotatable bonds is 3. The van der Waals surface area contributed by atoms with E-state index in [1.54, 1.807) is 25.1 Å². The molecule has 0 bridgehead atoms. The molecule has 2 unspecified atom stereocenters. The molecule has 1 rings (SSSR count). The molecule has 5 nitrogen and oxygen atoms in total. The van der Waals surface area contributed by atoms with E-state index >= 15 is 0 Å². The number of aromatic nitrogens is 2. The monoisotopic (exact) mass is 193 g/mol. The molecule has 1 heterocycles. The fourth-order valence-electron chi connectivity index (χ4n) is 0.969. The van der Waals surface area contributed by atoms with Crippen molar-refractivity contribution in [2.45, 2.75) is 25.6 Å². The number of nitrogens with zero attached hydrogens (tertiary/aromatic N) is 3. The number of hydrogen-bond donors (Lipinski definition) is 2. The highest BCUT2D eigenvalue weighted by molar-refractivity contribution is 5.09. The van der Waals surface area contributed by atoms with Crippen molar-refractivity contribution in [1.82, 2.24) is 10.2 Å². The van der Waals surface area contributed by atoms with Crippen LogP contribution < -0.4 is 0 Å². The lowest BCUT2D eigenvalue weighted by Crippen LogP contribution is -2.19. The van der Waals surface area contributed by atoms with E-state index in [0.29, 0.717) is 0 Å². The van der Waals surface area contributed by atoms with Gasteiger partial charge in [0.2, 0.25) is 0 Å². The molecule has 0 aliphatic rings. The topological polar surface area (TPSA) is 90.0 Å². The second kappa shape index (κ2) is 4.65. The molecule has 0 saturated carbocycles. The molecular weight excluding hydrogens is 182 g/mol. The average molecular weight is 193 g/mol. The van der Waals surface area contributed by atoms with Crippen LogP contribution in [-0.4, -0.2) is 26.5 Å². The maximum atomic E-state index is 9.51. The zero-order valence-electron chi connectivity index (χ0n) is 7.75. The largest absolute Gasteiger partial charge is 0.389 e. The molecule has 2 atom stereocenters. The summed E-state index contributed by atoms with van der Waals surface area (Å²) in [6, 6.07) is 5.03. The lowest BCUT2D eigenvalue weighted by atomic mass is 10.1. The van der Waals surface area contributed by atoms with E-state index < -0.39 is 12.2 Å². The maximum absolute atomic E-state index is 9.51. The van der Waals surface area contributed by atoms with Gasteiger partial charge >= 0.3 is 0 Å². The third kappa shape index (κ3) is 2.49. The predicted octanol–water partition coefficient (Wildman–Crippen LogP) is 0.0930. The predicted molar refractivity (Wildman–Crippen MR) is 48.0 cm³/mol. The summed E-state index contributed by atoms with van der Waals surface area (Å²) >= 11 is 0. The van der Waals surface area contributed by atoms with Gasteiger partial charge in [0.1, 0.15) is 6.10 Å². The van der Waals surface area contributed by atoms with E-state index in [4.69, 9.17) is 5.26 Å². The highest BCUT2D eigenvalue weighted by Gasteiger charge is 2.19. The van der Waals surface area contributed by atoms with E-state index in [0.717, 1.165) is 5.69 Å². The zero-order chi connectivity index (χ0) is 10.6. The third-order valence-corrected chi connectivity index (χ3v) is 1.79. The van der Waals surface area contributed by atoms with Crippen LogP contribution in [0.2, 0.25) is 0 Å². The first-order valence-electron chi connectivity index (χ1n) is 4.18. The van der Waals surface area contributed by atoms with Gasteiger partial charge in [0.15, 0.2) is 0 Å². The van der Waals surface area contributed by atoms with Crippen LogP contribution in [0.3, 0.4) is 0 Å². The quantitative estimate of drug-likeness (QED) is 0.710. The van der Waals surface area contributed by atoms with Crippen molar-refractivity contribution in [1.29, 1.82) is 5.26 Å². The van der Waals surface area contributed by atoms with Gasteiger partial charge in [-0.05, 0) is 19.1 Å². The van der Waals surface area contributed by atoms with Gasteiger partial charge in [0, 0.05) is 0 Å². The molecule has 1 aromatic heterocycles. The van der Waals surface area contributed by atoms with Gasteiger partial charge < -0.3 is 10.2 Å². The van der Waals surface area contributed by atoms with Crippen LogP contribution in [0, 0.1) is 18.3 Å². The second-order valence-electron chi connectivity index (χ2n) is 2.97. The minimum absolute atomic E-state index is 0.128. The summed E-state index contributed by atoms with van der Waals surface area (Å²) < 4.78 is 0. The Morgan fingerprint density at radius 2 is 2.14 bits per heavy atom. The summed E-state index contributed by atoms with van der Waals surface area (Å²) in [5, 5.41) is 34.6. The van der Waals surface area contributed by atoms with Crippen molar-refractivity contribution >= 4 is 0 Å². The lowest BCUT2D eigenvalue weighted by molar-refractivity contribution is 0.0184. The van der Waals surface area contributed by atoms with Crippen LogP contribution in [0.1, 0.15) is 23.9 Å². The second-order valence-corrected chi connectivity index (χ2v) is 2.97. The van der Waals surface area contributed by atoms with Gasteiger partial charge in [-0.25, -0.2) is 0 Å². The molecule has 0 amide bonds. The van der Waals surface area contributed by atoms with Crippen LogP contribution in [0.5, 0.6) is 0 Å². The third-order valence-electron chi connectivity index (χ3n) is 1.79. The lowest BCUT2D eigenvalue weighted by Gasteiger charge is -2.13. The van der Waals surface area contributed by atoms with Crippen molar-refractivity contribution in [3.05, 3.63) is 23.5 Å². The van der Waals surface area contributed by atoms with E-state index in [1.165, 1.54) is 0 Å². The highest BCUT2D eigenvalue weighted by atomic mass is 16.3. The van der Waals surface area contributed by atoms with Gasteiger partial charge in [-0.3, -0.25) is 0 Å². The Morgan fingerprint density at radius 1 is 1.43 bits per heavy atom. The number of aryl methyl sites for hydroxylation is 1. The SMILES string of the molecule is Cc1ccc(C(O)C(O)CC#N)nn1. The Balaban J connectivity index is 2.74. The van der Waals surface area contributed by atoms with Crippen LogP contribution >= 0.6 is 0 Å². The summed E-state index contributed by atoms with van der Waals surface area (Å²) in [5.41, 5.74) is 1.01. The normalized spacial score (nSPS) is 14.4. The molecule has 0 radical (unpaired) electrons. The summed E-state index contributed by atoms with van der Waals surface area (Å²) in [6.45, 7) is 1.77. The van der Waals surface area contributed by atoms with Crippen LogP contribution in [0.25, 0.3) is 0 Å². The average Bonchev–Trinajstić information content (AvgIpc) is 2.18. The first kappa shape index (κ1) is 10.6. The first-order valence-corrected chi connectivity index (χ1v) is 4.18. The molecule has 0 saturated heterocycles. The highest BCUT2D eigenvalue weighted by Crippen LogP contribution is 2.15. The number of aliphatic hydroxyl groups excluding tert-OH is 2. The molecule has 5 heteroatoms. The molecule has 74 valence electrons. The molecule has 1 aromatic rings. The minimum atomic E-state index is -1.15. The van der Waals surface area contributed by atoms with E-state index in [2.05, 4.69) is 10.2 Å². The van der Waals surface area contributed by atoms with Gasteiger partial charge in [0.05, 0.1) is 30.0 Å². The Kier molecular flexibility index (Phi) is 3.51. The number of hydrogen-bond acceptors (Lipinski definition) is 5. The Labute approximate surface area is 81.6 Å². The van der Waals surface area contributed by atoms with Crippen LogP contribution in [0.4, 0.5) is 0 Å². The molecule has 0 aliphatic carbocycles. The van der Waals surface area contributed by atoms with Gasteiger partial charge in [-0.1, -0.05) is 0 Å². The standard InChI is InChI=1S/C9H11N3O2/c1-6-2-3-7(12-11-6)9(14)8(13)4-5-10/h2-3,8-9,13-14H,4H2,1H3. The van der Waals surface area contributed by atoms with Crippen molar-refractivity contribution in [2.24, 2.45) is 0 Å². The summed E-state index contributed by atoms with van der Waals surface area (Å²) in [6.07, 6.45) is -2.39. The van der Waals surface area contributed by atoms with Gasteiger partial charge in [-0.15, -0.1) is 0 Å². The molecule has 0 aliphatic heterocycles. The molecule has 14 heavy (non-hydrogen) atoms. The fourth-order valence-corrected chi connectivity index (χ4v) is 0.969. The Bertz CT molecular complexity index is 331. The van der Waals surface area contributed by atoms with E-state index in [1.807, 2.05) is 0 Å². The smallest absolute Gasteiger partial charge is 0.125 e. The molecule has 0 fully saturated rings. The van der Waals surface area contributed by atoms with Gasteiger partial charge in [-0.2, -0.15) is 15.5 Å². The van der Waals surface area contributed by atoms with Crippen molar-refractivity contribution in [3.8, 4) is 6.07 Å². The van der Waals surface area contributed by atoms with Crippen molar-refractivity contribution in [2.75, 3.05) is 0 Å². The van der Waals surface area contributed by atoms with E-state index in [9.17, 15) is 10.2 Å². The number of nitriles is 1. The van der Waals surface area contributed by atoms with Crippen LogP contribution in [-0.2, 0) is 0 Å². The summed E-state index contributed by atoms with van der Waals surface area (Å²) in [4.78, 5) is 0. The van der Waals surface area contributed by atoms with Gasteiger partial charge in [0.25, 0.3) is 0 Å². The van der Waals surface area contributed by atoms with E-state index in [-0.39, 0.29) is 12.1 Å². The van der Waals surface area contributed by atoms with Crippen LogP contribution in [0.15, 0.2) is 12.1 Å². The first-order chi connectivity index (χ1) is 6.65. The Morgan fingerprint density at radius 3 is 2.64 bits per heavy atom. The zero-order valence-corrected chi connectivity index (χ0v) is 7.75. The van der Waals surface area contributed by atoms with Crippen molar-refractivity contribution < 1.29 is 10.2 Å².